The Kier molecular flexibility index (Phi) is 4.53. The number of carbonyl (C=O) groups is 1. The number of amides is 1. The molecule has 4 heteroatoms. The summed E-state index contributed by atoms with van der Waals surface area (Å²) in [5.74, 6) is 0.799. The molecule has 1 saturated heterocycles. The number of thiocarbonyl (C=S) groups is 1. The van der Waals surface area contributed by atoms with Gasteiger partial charge in [0.25, 0.3) is 5.91 Å². The molecule has 1 heterocycles. The van der Waals surface area contributed by atoms with Crippen LogP contribution in [0.25, 0.3) is 0 Å². The Labute approximate surface area is 119 Å². The molecule has 1 aliphatic heterocycles. The Balaban J connectivity index is 2.14. The number of hydrogen-bond donors (Lipinski definition) is 1. The van der Waals surface area contributed by atoms with Gasteiger partial charge in [-0.2, -0.15) is 0 Å². The zero-order chi connectivity index (χ0) is 13.8. The average Bonchev–Trinajstić information content (AvgIpc) is 2.63. The zero-order valence-corrected chi connectivity index (χ0v) is 12.1. The highest BCUT2D eigenvalue weighted by atomic mass is 32.1. The molecule has 0 radical (unpaired) electrons. The molecule has 1 unspecified atom stereocenters. The quantitative estimate of drug-likeness (QED) is 0.845. The SMILES string of the molecule is CC1CCCN(C(=O)c2cccc(C(N)=S)c2)CC1. The summed E-state index contributed by atoms with van der Waals surface area (Å²) < 4.78 is 0. The van der Waals surface area contributed by atoms with Crippen molar-refractivity contribution in [1.29, 1.82) is 0 Å². The number of rotatable bonds is 2. The molecule has 2 rings (SSSR count). The first-order chi connectivity index (χ1) is 9.08. The summed E-state index contributed by atoms with van der Waals surface area (Å²) in [5, 5.41) is 0. The minimum Gasteiger partial charge on any atom is -0.389 e. The van der Waals surface area contributed by atoms with Crippen molar-refractivity contribution in [3.8, 4) is 0 Å². The van der Waals surface area contributed by atoms with E-state index >= 15 is 0 Å². The average molecular weight is 276 g/mol. The Hall–Kier alpha value is -1.42. The monoisotopic (exact) mass is 276 g/mol. The normalized spacial score (nSPS) is 19.8. The maximum Gasteiger partial charge on any atom is 0.253 e. The van der Waals surface area contributed by atoms with Crippen LogP contribution in [-0.2, 0) is 0 Å². The lowest BCUT2D eigenvalue weighted by atomic mass is 10.0. The molecule has 1 aromatic carbocycles. The van der Waals surface area contributed by atoms with Crippen LogP contribution < -0.4 is 5.73 Å². The molecule has 1 amide bonds. The van der Waals surface area contributed by atoms with Crippen molar-refractivity contribution in [2.24, 2.45) is 11.7 Å². The van der Waals surface area contributed by atoms with Crippen LogP contribution in [0.15, 0.2) is 24.3 Å². The third-order valence-corrected chi connectivity index (χ3v) is 3.93. The lowest BCUT2D eigenvalue weighted by Crippen LogP contribution is -2.32. The van der Waals surface area contributed by atoms with E-state index < -0.39 is 0 Å². The molecule has 19 heavy (non-hydrogen) atoms. The summed E-state index contributed by atoms with van der Waals surface area (Å²) in [6.45, 7) is 3.94. The predicted molar refractivity (Wildman–Crippen MR) is 81.2 cm³/mol. The Morgan fingerprint density at radius 3 is 2.79 bits per heavy atom. The minimum absolute atomic E-state index is 0.0900. The number of nitrogens with two attached hydrogens (primary N) is 1. The summed E-state index contributed by atoms with van der Waals surface area (Å²) in [6, 6.07) is 7.29. The van der Waals surface area contributed by atoms with Crippen LogP contribution in [-0.4, -0.2) is 28.9 Å². The van der Waals surface area contributed by atoms with Gasteiger partial charge in [0.15, 0.2) is 0 Å². The number of carbonyl (C=O) groups excluding carboxylic acids is 1. The van der Waals surface area contributed by atoms with E-state index in [1.54, 1.807) is 6.07 Å². The fourth-order valence-corrected chi connectivity index (χ4v) is 2.58. The fraction of sp³-hybridized carbons (Fsp3) is 0.467. The summed E-state index contributed by atoms with van der Waals surface area (Å²) in [4.78, 5) is 14.8. The van der Waals surface area contributed by atoms with Crippen LogP contribution >= 0.6 is 12.2 Å². The third-order valence-electron chi connectivity index (χ3n) is 3.70. The Bertz CT molecular complexity index is 487. The number of benzene rings is 1. The molecule has 1 fully saturated rings. The summed E-state index contributed by atoms with van der Waals surface area (Å²) in [7, 11) is 0. The highest BCUT2D eigenvalue weighted by molar-refractivity contribution is 7.80. The summed E-state index contributed by atoms with van der Waals surface area (Å²) >= 11 is 4.95. The first kappa shape index (κ1) is 14.0. The molecule has 1 aromatic rings. The number of hydrogen-bond acceptors (Lipinski definition) is 2. The van der Waals surface area contributed by atoms with Gasteiger partial charge in [0.1, 0.15) is 4.99 Å². The molecular formula is C15H20N2OS. The molecule has 0 aromatic heterocycles. The molecule has 1 aliphatic rings. The van der Waals surface area contributed by atoms with E-state index in [2.05, 4.69) is 6.92 Å². The minimum atomic E-state index is 0.0900. The van der Waals surface area contributed by atoms with Crippen LogP contribution in [0.2, 0.25) is 0 Å². The number of likely N-dealkylation sites (tertiary alicyclic amines) is 1. The lowest BCUT2D eigenvalue weighted by Gasteiger charge is -2.20. The maximum atomic E-state index is 12.5. The van der Waals surface area contributed by atoms with Gasteiger partial charge in [0.2, 0.25) is 0 Å². The molecule has 0 bridgehead atoms. The van der Waals surface area contributed by atoms with Gasteiger partial charge in [0, 0.05) is 24.2 Å². The van der Waals surface area contributed by atoms with E-state index in [0.29, 0.717) is 16.5 Å². The van der Waals surface area contributed by atoms with Crippen molar-refractivity contribution in [2.45, 2.75) is 26.2 Å². The highest BCUT2D eigenvalue weighted by Crippen LogP contribution is 2.18. The first-order valence-electron chi connectivity index (χ1n) is 6.77. The van der Waals surface area contributed by atoms with Crippen LogP contribution in [0.1, 0.15) is 42.1 Å². The lowest BCUT2D eigenvalue weighted by molar-refractivity contribution is 0.0760. The molecule has 2 N–H and O–H groups in total. The van der Waals surface area contributed by atoms with E-state index in [4.69, 9.17) is 18.0 Å². The molecule has 102 valence electrons. The maximum absolute atomic E-state index is 12.5. The molecule has 0 spiro atoms. The molecule has 0 saturated carbocycles. The van der Waals surface area contributed by atoms with Crippen LogP contribution in [0.4, 0.5) is 0 Å². The van der Waals surface area contributed by atoms with Crippen molar-refractivity contribution in [1.82, 2.24) is 4.90 Å². The van der Waals surface area contributed by atoms with Gasteiger partial charge in [-0.15, -0.1) is 0 Å². The molecular weight excluding hydrogens is 256 g/mol. The van der Waals surface area contributed by atoms with E-state index in [1.807, 2.05) is 23.1 Å². The Morgan fingerprint density at radius 2 is 2.05 bits per heavy atom. The molecule has 0 aliphatic carbocycles. The smallest absolute Gasteiger partial charge is 0.253 e. The fourth-order valence-electron chi connectivity index (χ4n) is 2.45. The van der Waals surface area contributed by atoms with Gasteiger partial charge in [-0.25, -0.2) is 0 Å². The van der Waals surface area contributed by atoms with E-state index in [9.17, 15) is 4.79 Å². The summed E-state index contributed by atoms with van der Waals surface area (Å²) in [6.07, 6.45) is 3.37. The van der Waals surface area contributed by atoms with E-state index in [1.165, 1.54) is 6.42 Å². The first-order valence-corrected chi connectivity index (χ1v) is 7.18. The second-order valence-corrected chi connectivity index (χ2v) is 5.71. The second kappa shape index (κ2) is 6.15. The second-order valence-electron chi connectivity index (χ2n) is 5.27. The van der Waals surface area contributed by atoms with Gasteiger partial charge < -0.3 is 10.6 Å². The molecule has 3 nitrogen and oxygen atoms in total. The summed E-state index contributed by atoms with van der Waals surface area (Å²) in [5.41, 5.74) is 7.05. The van der Waals surface area contributed by atoms with Crippen LogP contribution in [0, 0.1) is 5.92 Å². The van der Waals surface area contributed by atoms with Crippen LogP contribution in [0.5, 0.6) is 0 Å². The van der Waals surface area contributed by atoms with Crippen LogP contribution in [0.3, 0.4) is 0 Å². The predicted octanol–water partition coefficient (Wildman–Crippen LogP) is 2.58. The van der Waals surface area contributed by atoms with Gasteiger partial charge >= 0.3 is 0 Å². The highest BCUT2D eigenvalue weighted by Gasteiger charge is 2.19. The van der Waals surface area contributed by atoms with Gasteiger partial charge in [-0.3, -0.25) is 4.79 Å². The van der Waals surface area contributed by atoms with Crippen molar-refractivity contribution in [3.05, 3.63) is 35.4 Å². The van der Waals surface area contributed by atoms with E-state index in [-0.39, 0.29) is 5.91 Å². The van der Waals surface area contributed by atoms with Crippen molar-refractivity contribution < 1.29 is 4.79 Å². The van der Waals surface area contributed by atoms with Gasteiger partial charge in [0.05, 0.1) is 0 Å². The molecule has 1 atom stereocenters. The Morgan fingerprint density at radius 1 is 1.32 bits per heavy atom. The standard InChI is InChI=1S/C15H20N2OS/c1-11-4-3-8-17(9-7-11)15(18)13-6-2-5-12(10-13)14(16)19/h2,5-6,10-11H,3-4,7-9H2,1H3,(H2,16,19). The third kappa shape index (κ3) is 3.53. The largest absolute Gasteiger partial charge is 0.389 e. The van der Waals surface area contributed by atoms with Crippen molar-refractivity contribution in [2.75, 3.05) is 13.1 Å². The van der Waals surface area contributed by atoms with E-state index in [0.717, 1.165) is 31.5 Å². The van der Waals surface area contributed by atoms with Crippen molar-refractivity contribution >= 4 is 23.1 Å². The zero-order valence-electron chi connectivity index (χ0n) is 11.3. The number of nitrogens with zero attached hydrogens (tertiary/aromatic N) is 1. The van der Waals surface area contributed by atoms with Gasteiger partial charge in [-0.05, 0) is 37.3 Å². The van der Waals surface area contributed by atoms with Gasteiger partial charge in [-0.1, -0.05) is 31.3 Å². The van der Waals surface area contributed by atoms with Crippen molar-refractivity contribution in [3.63, 3.8) is 0 Å². The topological polar surface area (TPSA) is 46.3 Å².